The Morgan fingerprint density at radius 2 is 2.06 bits per heavy atom. The van der Waals surface area contributed by atoms with Gasteiger partial charge in [-0.1, -0.05) is 6.07 Å². The molecule has 1 heterocycles. The molecule has 1 N–H and O–H groups in total. The van der Waals surface area contributed by atoms with Gasteiger partial charge >= 0.3 is 0 Å². The Labute approximate surface area is 109 Å². The number of nitrogens with one attached hydrogen (secondary N) is 1. The van der Waals surface area contributed by atoms with Crippen LogP contribution in [-0.4, -0.2) is 51.8 Å². The standard InChI is InChI=1S/C14H22N2O2/c1-16-7-6-15-10-12(16)8-11-4-5-13(17-2)14(9-11)18-3/h4-5,9,12,15H,6-8,10H2,1-3H3. The van der Waals surface area contributed by atoms with Gasteiger partial charge in [0, 0.05) is 25.7 Å². The Morgan fingerprint density at radius 1 is 1.28 bits per heavy atom. The molecule has 1 atom stereocenters. The first-order valence-electron chi connectivity index (χ1n) is 6.36. The predicted octanol–water partition coefficient (Wildman–Crippen LogP) is 1.15. The molecule has 2 rings (SSSR count). The van der Waals surface area contributed by atoms with Crippen LogP contribution in [0.25, 0.3) is 0 Å². The molecule has 1 aliphatic rings. The number of piperazine rings is 1. The van der Waals surface area contributed by atoms with Crippen molar-refractivity contribution < 1.29 is 9.47 Å². The Balaban J connectivity index is 2.08. The van der Waals surface area contributed by atoms with E-state index in [1.54, 1.807) is 14.2 Å². The van der Waals surface area contributed by atoms with E-state index in [9.17, 15) is 0 Å². The molecular formula is C14H22N2O2. The number of methoxy groups -OCH3 is 2. The van der Waals surface area contributed by atoms with Crippen molar-refractivity contribution in [3.8, 4) is 11.5 Å². The normalized spacial score (nSPS) is 20.7. The van der Waals surface area contributed by atoms with Crippen LogP contribution in [-0.2, 0) is 6.42 Å². The van der Waals surface area contributed by atoms with Crippen LogP contribution in [0.3, 0.4) is 0 Å². The van der Waals surface area contributed by atoms with E-state index in [-0.39, 0.29) is 0 Å². The van der Waals surface area contributed by atoms with Crippen molar-refractivity contribution in [2.75, 3.05) is 40.9 Å². The minimum atomic E-state index is 0.553. The van der Waals surface area contributed by atoms with Crippen LogP contribution in [0.15, 0.2) is 18.2 Å². The molecule has 1 aromatic rings. The molecule has 1 fully saturated rings. The van der Waals surface area contributed by atoms with Gasteiger partial charge in [-0.3, -0.25) is 0 Å². The van der Waals surface area contributed by atoms with Gasteiger partial charge in [0.2, 0.25) is 0 Å². The highest BCUT2D eigenvalue weighted by atomic mass is 16.5. The zero-order valence-electron chi connectivity index (χ0n) is 11.4. The molecular weight excluding hydrogens is 228 g/mol. The monoisotopic (exact) mass is 250 g/mol. The van der Waals surface area contributed by atoms with E-state index < -0.39 is 0 Å². The molecule has 0 amide bonds. The Kier molecular flexibility index (Phi) is 4.44. The molecule has 1 aromatic carbocycles. The van der Waals surface area contributed by atoms with E-state index in [0.29, 0.717) is 6.04 Å². The molecule has 1 unspecified atom stereocenters. The van der Waals surface area contributed by atoms with Crippen LogP contribution in [0.1, 0.15) is 5.56 Å². The van der Waals surface area contributed by atoms with E-state index in [1.165, 1.54) is 5.56 Å². The molecule has 18 heavy (non-hydrogen) atoms. The molecule has 100 valence electrons. The molecule has 1 aliphatic heterocycles. The molecule has 4 heteroatoms. The second-order valence-electron chi connectivity index (χ2n) is 4.73. The van der Waals surface area contributed by atoms with Crippen molar-refractivity contribution in [2.45, 2.75) is 12.5 Å². The number of benzene rings is 1. The van der Waals surface area contributed by atoms with Crippen molar-refractivity contribution in [2.24, 2.45) is 0 Å². The summed E-state index contributed by atoms with van der Waals surface area (Å²) in [6.45, 7) is 3.24. The first-order valence-corrected chi connectivity index (χ1v) is 6.36. The highest BCUT2D eigenvalue weighted by Gasteiger charge is 2.19. The van der Waals surface area contributed by atoms with Gasteiger partial charge in [0.1, 0.15) is 0 Å². The second kappa shape index (κ2) is 6.07. The van der Waals surface area contributed by atoms with E-state index in [0.717, 1.165) is 37.6 Å². The third kappa shape index (κ3) is 2.94. The van der Waals surface area contributed by atoms with Crippen molar-refractivity contribution >= 4 is 0 Å². The second-order valence-corrected chi connectivity index (χ2v) is 4.73. The van der Waals surface area contributed by atoms with Gasteiger partial charge in [-0.05, 0) is 31.2 Å². The highest BCUT2D eigenvalue weighted by Crippen LogP contribution is 2.28. The molecule has 0 aromatic heterocycles. The van der Waals surface area contributed by atoms with Gasteiger partial charge in [0.25, 0.3) is 0 Å². The number of nitrogens with zero attached hydrogens (tertiary/aromatic N) is 1. The van der Waals surface area contributed by atoms with E-state index in [2.05, 4.69) is 29.4 Å². The first-order chi connectivity index (χ1) is 8.74. The maximum absolute atomic E-state index is 5.34. The van der Waals surface area contributed by atoms with Gasteiger partial charge in [0.15, 0.2) is 11.5 Å². The van der Waals surface area contributed by atoms with Gasteiger partial charge in [0.05, 0.1) is 14.2 Å². The smallest absolute Gasteiger partial charge is 0.160 e. The zero-order chi connectivity index (χ0) is 13.0. The summed E-state index contributed by atoms with van der Waals surface area (Å²) in [4.78, 5) is 2.41. The maximum Gasteiger partial charge on any atom is 0.160 e. The van der Waals surface area contributed by atoms with Crippen molar-refractivity contribution in [3.05, 3.63) is 23.8 Å². The third-order valence-electron chi connectivity index (χ3n) is 3.56. The largest absolute Gasteiger partial charge is 0.493 e. The third-order valence-corrected chi connectivity index (χ3v) is 3.56. The summed E-state index contributed by atoms with van der Waals surface area (Å²) < 4.78 is 10.6. The van der Waals surface area contributed by atoms with Crippen LogP contribution in [0.5, 0.6) is 11.5 Å². The van der Waals surface area contributed by atoms with Crippen LogP contribution in [0.2, 0.25) is 0 Å². The lowest BCUT2D eigenvalue weighted by Crippen LogP contribution is -2.50. The van der Waals surface area contributed by atoms with Gasteiger partial charge in [-0.25, -0.2) is 0 Å². The summed E-state index contributed by atoms with van der Waals surface area (Å²) in [6.07, 6.45) is 1.03. The molecule has 0 saturated carbocycles. The van der Waals surface area contributed by atoms with E-state index >= 15 is 0 Å². The van der Waals surface area contributed by atoms with Crippen molar-refractivity contribution in [3.63, 3.8) is 0 Å². The van der Waals surface area contributed by atoms with Gasteiger partial charge < -0.3 is 19.7 Å². The van der Waals surface area contributed by atoms with E-state index in [1.807, 2.05) is 6.07 Å². The highest BCUT2D eigenvalue weighted by molar-refractivity contribution is 5.43. The van der Waals surface area contributed by atoms with Crippen LogP contribution in [0, 0.1) is 0 Å². The summed E-state index contributed by atoms with van der Waals surface area (Å²) in [6, 6.07) is 6.71. The number of ether oxygens (including phenoxy) is 2. The SMILES string of the molecule is COc1ccc(CC2CNCCN2C)cc1OC. The average molecular weight is 250 g/mol. The molecule has 1 saturated heterocycles. The average Bonchev–Trinajstić information content (AvgIpc) is 2.41. The topological polar surface area (TPSA) is 33.7 Å². The van der Waals surface area contributed by atoms with E-state index in [4.69, 9.17) is 9.47 Å². The quantitative estimate of drug-likeness (QED) is 0.869. The molecule has 0 spiro atoms. The maximum atomic E-state index is 5.34. The van der Waals surface area contributed by atoms with Crippen LogP contribution < -0.4 is 14.8 Å². The lowest BCUT2D eigenvalue weighted by atomic mass is 10.0. The Morgan fingerprint density at radius 3 is 2.72 bits per heavy atom. The summed E-state index contributed by atoms with van der Waals surface area (Å²) in [5.74, 6) is 1.60. The fourth-order valence-electron chi connectivity index (χ4n) is 2.37. The summed E-state index contributed by atoms with van der Waals surface area (Å²) in [7, 11) is 5.53. The fourth-order valence-corrected chi connectivity index (χ4v) is 2.37. The summed E-state index contributed by atoms with van der Waals surface area (Å²) in [5, 5.41) is 3.44. The minimum absolute atomic E-state index is 0.553. The van der Waals surface area contributed by atoms with Crippen molar-refractivity contribution in [1.82, 2.24) is 10.2 Å². The zero-order valence-corrected chi connectivity index (χ0v) is 11.4. The lowest BCUT2D eigenvalue weighted by Gasteiger charge is -2.33. The van der Waals surface area contributed by atoms with Crippen molar-refractivity contribution in [1.29, 1.82) is 0 Å². The Hall–Kier alpha value is -1.26. The molecule has 0 aliphatic carbocycles. The molecule has 0 radical (unpaired) electrons. The predicted molar refractivity (Wildman–Crippen MR) is 72.5 cm³/mol. The number of hydrogen-bond acceptors (Lipinski definition) is 4. The first kappa shape index (κ1) is 13.2. The molecule has 4 nitrogen and oxygen atoms in total. The van der Waals surface area contributed by atoms with Gasteiger partial charge in [-0.2, -0.15) is 0 Å². The molecule has 0 bridgehead atoms. The fraction of sp³-hybridized carbons (Fsp3) is 0.571. The van der Waals surface area contributed by atoms with Crippen LogP contribution in [0.4, 0.5) is 0 Å². The minimum Gasteiger partial charge on any atom is -0.493 e. The Bertz CT molecular complexity index is 395. The lowest BCUT2D eigenvalue weighted by molar-refractivity contribution is 0.199. The van der Waals surface area contributed by atoms with Gasteiger partial charge in [-0.15, -0.1) is 0 Å². The number of likely N-dealkylation sites (N-methyl/N-ethyl adjacent to an activating group) is 1. The number of rotatable bonds is 4. The summed E-state index contributed by atoms with van der Waals surface area (Å²) >= 11 is 0. The summed E-state index contributed by atoms with van der Waals surface area (Å²) in [5.41, 5.74) is 1.29. The van der Waals surface area contributed by atoms with Crippen LogP contribution >= 0.6 is 0 Å². The number of hydrogen-bond donors (Lipinski definition) is 1.